The molecular formula is C18H23N5S. The molecule has 0 spiro atoms. The number of anilines is 2. The summed E-state index contributed by atoms with van der Waals surface area (Å²) in [5, 5.41) is 1.91. The zero-order valence-corrected chi connectivity index (χ0v) is 14.6. The number of fused-ring (bicyclic) bond motifs is 2. The molecule has 0 saturated carbocycles. The Bertz CT molecular complexity index is 654. The van der Waals surface area contributed by atoms with Crippen molar-refractivity contribution in [3.8, 4) is 0 Å². The van der Waals surface area contributed by atoms with Crippen LogP contribution in [-0.2, 0) is 0 Å². The Labute approximate surface area is 147 Å². The Morgan fingerprint density at radius 1 is 0.958 bits per heavy atom. The SMILES string of the molecule is NN1CCN(CCCN2c3ccccc3Sc3cccnc32)CC1. The fraction of sp³-hybridized carbons (Fsp3) is 0.389. The predicted molar refractivity (Wildman–Crippen MR) is 98.6 cm³/mol. The quantitative estimate of drug-likeness (QED) is 0.863. The fourth-order valence-electron chi connectivity index (χ4n) is 3.33. The Balaban J connectivity index is 1.46. The largest absolute Gasteiger partial charge is 0.324 e. The lowest BCUT2D eigenvalue weighted by Crippen LogP contribution is -2.49. The summed E-state index contributed by atoms with van der Waals surface area (Å²) in [6.07, 6.45) is 3.01. The number of rotatable bonds is 4. The Kier molecular flexibility index (Phi) is 4.71. The van der Waals surface area contributed by atoms with E-state index in [-0.39, 0.29) is 0 Å². The second kappa shape index (κ2) is 7.11. The zero-order chi connectivity index (χ0) is 16.4. The van der Waals surface area contributed by atoms with E-state index in [1.165, 1.54) is 15.5 Å². The molecule has 126 valence electrons. The average Bonchev–Trinajstić information content (AvgIpc) is 2.63. The van der Waals surface area contributed by atoms with Gasteiger partial charge < -0.3 is 9.80 Å². The third kappa shape index (κ3) is 3.28. The van der Waals surface area contributed by atoms with E-state index in [1.54, 1.807) is 0 Å². The van der Waals surface area contributed by atoms with Gasteiger partial charge in [-0.1, -0.05) is 23.9 Å². The van der Waals surface area contributed by atoms with E-state index in [4.69, 9.17) is 5.84 Å². The average molecular weight is 341 g/mol. The highest BCUT2D eigenvalue weighted by Gasteiger charge is 2.24. The lowest BCUT2D eigenvalue weighted by Gasteiger charge is -2.34. The van der Waals surface area contributed by atoms with Crippen LogP contribution in [-0.4, -0.2) is 54.2 Å². The number of hydrazine groups is 1. The van der Waals surface area contributed by atoms with Gasteiger partial charge in [-0.25, -0.2) is 9.99 Å². The minimum Gasteiger partial charge on any atom is -0.324 e. The van der Waals surface area contributed by atoms with Crippen molar-refractivity contribution in [2.45, 2.75) is 16.2 Å². The number of benzene rings is 1. The molecule has 1 saturated heterocycles. The summed E-state index contributed by atoms with van der Waals surface area (Å²) in [5.74, 6) is 6.93. The van der Waals surface area contributed by atoms with Crippen molar-refractivity contribution < 1.29 is 0 Å². The summed E-state index contributed by atoms with van der Waals surface area (Å²) in [6, 6.07) is 12.8. The molecule has 2 aliphatic rings. The highest BCUT2D eigenvalue weighted by atomic mass is 32.2. The van der Waals surface area contributed by atoms with Crippen LogP contribution in [0.25, 0.3) is 0 Å². The van der Waals surface area contributed by atoms with Crippen molar-refractivity contribution in [1.82, 2.24) is 14.9 Å². The monoisotopic (exact) mass is 341 g/mol. The first kappa shape index (κ1) is 15.9. The van der Waals surface area contributed by atoms with Crippen LogP contribution in [0.2, 0.25) is 0 Å². The van der Waals surface area contributed by atoms with Crippen molar-refractivity contribution in [1.29, 1.82) is 0 Å². The van der Waals surface area contributed by atoms with Crippen molar-refractivity contribution >= 4 is 23.3 Å². The molecular weight excluding hydrogens is 318 g/mol. The van der Waals surface area contributed by atoms with E-state index in [2.05, 4.69) is 45.1 Å². The standard InChI is InChI=1S/C18H23N5S/c19-22-13-11-21(12-14-22)9-4-10-23-15-5-1-2-6-16(15)24-17-7-3-8-20-18(17)23/h1-3,5-8H,4,9-14,19H2. The molecule has 1 aromatic heterocycles. The number of aromatic nitrogens is 1. The summed E-state index contributed by atoms with van der Waals surface area (Å²) >= 11 is 1.81. The maximum atomic E-state index is 5.84. The minimum absolute atomic E-state index is 0.966. The Morgan fingerprint density at radius 3 is 2.62 bits per heavy atom. The molecule has 0 unspecified atom stereocenters. The number of hydrogen-bond acceptors (Lipinski definition) is 6. The van der Waals surface area contributed by atoms with Crippen molar-refractivity contribution in [3.63, 3.8) is 0 Å². The lowest BCUT2D eigenvalue weighted by atomic mass is 10.2. The van der Waals surface area contributed by atoms with E-state index in [0.29, 0.717) is 0 Å². The van der Waals surface area contributed by atoms with Crippen LogP contribution in [0.15, 0.2) is 52.4 Å². The molecule has 1 aromatic carbocycles. The van der Waals surface area contributed by atoms with Gasteiger partial charge in [0.05, 0.1) is 10.6 Å². The van der Waals surface area contributed by atoms with Gasteiger partial charge in [-0.15, -0.1) is 0 Å². The van der Waals surface area contributed by atoms with Gasteiger partial charge in [0.25, 0.3) is 0 Å². The smallest absolute Gasteiger partial charge is 0.147 e. The molecule has 3 heterocycles. The lowest BCUT2D eigenvalue weighted by molar-refractivity contribution is 0.133. The van der Waals surface area contributed by atoms with E-state index in [9.17, 15) is 0 Å². The maximum Gasteiger partial charge on any atom is 0.147 e. The first-order valence-corrected chi connectivity index (χ1v) is 9.34. The summed E-state index contributed by atoms with van der Waals surface area (Å²) in [6.45, 7) is 6.17. The molecule has 5 nitrogen and oxygen atoms in total. The van der Waals surface area contributed by atoms with Gasteiger partial charge in [0, 0.05) is 43.8 Å². The predicted octanol–water partition coefficient (Wildman–Crippen LogP) is 2.57. The van der Waals surface area contributed by atoms with Gasteiger partial charge in [0.2, 0.25) is 0 Å². The van der Waals surface area contributed by atoms with Gasteiger partial charge in [-0.05, 0) is 37.2 Å². The number of hydrogen-bond donors (Lipinski definition) is 1. The Hall–Kier alpha value is -1.60. The first-order chi connectivity index (χ1) is 11.8. The Morgan fingerprint density at radius 2 is 1.75 bits per heavy atom. The maximum absolute atomic E-state index is 5.84. The summed E-state index contributed by atoms with van der Waals surface area (Å²) in [7, 11) is 0. The second-order valence-electron chi connectivity index (χ2n) is 6.28. The van der Waals surface area contributed by atoms with Crippen molar-refractivity contribution in [2.24, 2.45) is 5.84 Å². The van der Waals surface area contributed by atoms with Crippen LogP contribution < -0.4 is 10.7 Å². The van der Waals surface area contributed by atoms with E-state index >= 15 is 0 Å². The molecule has 24 heavy (non-hydrogen) atoms. The molecule has 0 radical (unpaired) electrons. The molecule has 0 bridgehead atoms. The van der Waals surface area contributed by atoms with Gasteiger partial charge >= 0.3 is 0 Å². The normalized spacial score (nSPS) is 18.3. The number of nitrogens with two attached hydrogens (primary N) is 1. The summed E-state index contributed by atoms with van der Waals surface area (Å²) in [4.78, 5) is 12.1. The number of nitrogens with zero attached hydrogens (tertiary/aromatic N) is 4. The van der Waals surface area contributed by atoms with Crippen LogP contribution in [0, 0.1) is 0 Å². The van der Waals surface area contributed by atoms with E-state index in [1.807, 2.05) is 29.0 Å². The van der Waals surface area contributed by atoms with Crippen LogP contribution in [0.1, 0.15) is 6.42 Å². The third-order valence-corrected chi connectivity index (χ3v) is 5.75. The van der Waals surface area contributed by atoms with Gasteiger partial charge in [-0.2, -0.15) is 0 Å². The molecule has 2 aromatic rings. The van der Waals surface area contributed by atoms with Crippen molar-refractivity contribution in [3.05, 3.63) is 42.6 Å². The van der Waals surface area contributed by atoms with Gasteiger partial charge in [0.1, 0.15) is 5.82 Å². The molecule has 0 atom stereocenters. The number of pyridine rings is 1. The summed E-state index contributed by atoms with van der Waals surface area (Å²) in [5.41, 5.74) is 1.28. The van der Waals surface area contributed by atoms with E-state index < -0.39 is 0 Å². The van der Waals surface area contributed by atoms with Gasteiger partial charge in [-0.3, -0.25) is 5.84 Å². The number of para-hydroxylation sites is 1. The molecule has 0 amide bonds. The molecule has 6 heteroatoms. The fourth-order valence-corrected chi connectivity index (χ4v) is 4.40. The highest BCUT2D eigenvalue weighted by Crippen LogP contribution is 2.46. The van der Waals surface area contributed by atoms with Crippen LogP contribution in [0.4, 0.5) is 11.5 Å². The molecule has 2 aliphatic heterocycles. The van der Waals surface area contributed by atoms with Gasteiger partial charge in [0.15, 0.2) is 0 Å². The first-order valence-electron chi connectivity index (χ1n) is 8.53. The highest BCUT2D eigenvalue weighted by molar-refractivity contribution is 7.99. The molecule has 2 N–H and O–H groups in total. The van der Waals surface area contributed by atoms with Crippen molar-refractivity contribution in [2.75, 3.05) is 44.2 Å². The van der Waals surface area contributed by atoms with Crippen LogP contribution >= 0.6 is 11.8 Å². The third-order valence-electron chi connectivity index (χ3n) is 4.65. The molecule has 0 aliphatic carbocycles. The molecule has 4 rings (SSSR count). The van der Waals surface area contributed by atoms with Crippen LogP contribution in [0.5, 0.6) is 0 Å². The zero-order valence-electron chi connectivity index (χ0n) is 13.8. The summed E-state index contributed by atoms with van der Waals surface area (Å²) < 4.78 is 0. The number of piperazine rings is 1. The second-order valence-corrected chi connectivity index (χ2v) is 7.36. The van der Waals surface area contributed by atoms with Crippen LogP contribution in [0.3, 0.4) is 0 Å². The molecule has 1 fully saturated rings. The van der Waals surface area contributed by atoms with E-state index in [0.717, 1.165) is 51.5 Å². The topological polar surface area (TPSA) is 48.6 Å². The minimum atomic E-state index is 0.966.